The Morgan fingerprint density at radius 1 is 1.62 bits per heavy atom. The summed E-state index contributed by atoms with van der Waals surface area (Å²) < 4.78 is 12.3. The van der Waals surface area contributed by atoms with Gasteiger partial charge in [0.25, 0.3) is 0 Å². The lowest BCUT2D eigenvalue weighted by Gasteiger charge is -1.84. The van der Waals surface area contributed by atoms with E-state index in [0.717, 1.165) is 0 Å². The Hall–Kier alpha value is -0.510. The zero-order chi connectivity index (χ0) is 5.98. The van der Waals surface area contributed by atoms with Gasteiger partial charge in [0.2, 0.25) is 5.95 Å². The van der Waals surface area contributed by atoms with Crippen LogP contribution in [-0.2, 0) is 0 Å². The number of nitrogens with zero attached hydrogens (tertiary/aromatic N) is 2. The van der Waals surface area contributed by atoms with E-state index in [0.29, 0.717) is 0 Å². The van der Waals surface area contributed by atoms with Crippen molar-refractivity contribution < 1.29 is 4.39 Å². The monoisotopic (exact) mass is 176 g/mol. The van der Waals surface area contributed by atoms with Crippen LogP contribution in [0.3, 0.4) is 0 Å². The van der Waals surface area contributed by atoms with Crippen LogP contribution in [-0.4, -0.2) is 9.97 Å². The van der Waals surface area contributed by atoms with Gasteiger partial charge in [0.05, 0.1) is 0 Å². The molecule has 0 atom stereocenters. The fraction of sp³-hybridized carbons (Fsp3) is 0. The second-order valence-corrected chi connectivity index (χ2v) is 1.86. The van der Waals surface area contributed by atoms with Crippen molar-refractivity contribution in [3.8, 4) is 0 Å². The SMILES string of the molecule is Fc1ccnc(Br)n1. The molecule has 0 aromatic carbocycles. The Kier molecular flexibility index (Phi) is 1.53. The van der Waals surface area contributed by atoms with Gasteiger partial charge in [0, 0.05) is 12.3 Å². The van der Waals surface area contributed by atoms with Gasteiger partial charge in [0.15, 0.2) is 4.73 Å². The van der Waals surface area contributed by atoms with E-state index in [1.165, 1.54) is 12.3 Å². The molecular formula is C4H2BrFN2. The highest BCUT2D eigenvalue weighted by molar-refractivity contribution is 9.10. The third-order valence-electron chi connectivity index (χ3n) is 0.592. The molecule has 0 aliphatic carbocycles. The van der Waals surface area contributed by atoms with E-state index in [9.17, 15) is 4.39 Å². The Balaban J connectivity index is 3.08. The molecule has 1 aromatic heterocycles. The Morgan fingerprint density at radius 2 is 2.38 bits per heavy atom. The van der Waals surface area contributed by atoms with Crippen molar-refractivity contribution >= 4 is 15.9 Å². The zero-order valence-electron chi connectivity index (χ0n) is 3.81. The Morgan fingerprint density at radius 3 is 2.75 bits per heavy atom. The third-order valence-corrected chi connectivity index (χ3v) is 0.974. The van der Waals surface area contributed by atoms with Crippen molar-refractivity contribution in [2.45, 2.75) is 0 Å². The van der Waals surface area contributed by atoms with Crippen molar-refractivity contribution in [2.24, 2.45) is 0 Å². The molecule has 0 fully saturated rings. The molecule has 42 valence electrons. The quantitative estimate of drug-likeness (QED) is 0.441. The van der Waals surface area contributed by atoms with Crippen molar-refractivity contribution in [3.05, 3.63) is 22.9 Å². The standard InChI is InChI=1S/C4H2BrFN2/c5-4-7-2-1-3(6)8-4/h1-2H. The summed E-state index contributed by atoms with van der Waals surface area (Å²) in [6.07, 6.45) is 1.34. The minimum atomic E-state index is -0.521. The number of rotatable bonds is 0. The van der Waals surface area contributed by atoms with Gasteiger partial charge in [-0.25, -0.2) is 4.98 Å². The summed E-state index contributed by atoms with van der Waals surface area (Å²) in [5.41, 5.74) is 0. The van der Waals surface area contributed by atoms with Gasteiger partial charge in [-0.05, 0) is 15.9 Å². The van der Waals surface area contributed by atoms with Crippen LogP contribution in [0, 0.1) is 5.95 Å². The maximum Gasteiger partial charge on any atom is 0.216 e. The van der Waals surface area contributed by atoms with E-state index >= 15 is 0 Å². The summed E-state index contributed by atoms with van der Waals surface area (Å²) in [6, 6.07) is 1.19. The zero-order valence-corrected chi connectivity index (χ0v) is 5.39. The first-order valence-electron chi connectivity index (χ1n) is 1.93. The highest BCUT2D eigenvalue weighted by Gasteiger charge is 1.89. The minimum Gasteiger partial charge on any atom is -0.231 e. The lowest BCUT2D eigenvalue weighted by Crippen LogP contribution is -1.83. The van der Waals surface area contributed by atoms with Crippen molar-refractivity contribution in [2.75, 3.05) is 0 Å². The third kappa shape index (κ3) is 1.23. The number of hydrogen-bond donors (Lipinski definition) is 0. The van der Waals surface area contributed by atoms with Gasteiger partial charge in [-0.1, -0.05) is 0 Å². The van der Waals surface area contributed by atoms with Crippen LogP contribution >= 0.6 is 15.9 Å². The normalized spacial score (nSPS) is 9.25. The second kappa shape index (κ2) is 2.17. The van der Waals surface area contributed by atoms with Gasteiger partial charge in [-0.2, -0.15) is 9.37 Å². The molecule has 2 nitrogen and oxygen atoms in total. The van der Waals surface area contributed by atoms with Crippen molar-refractivity contribution in [1.29, 1.82) is 0 Å². The highest BCUT2D eigenvalue weighted by atomic mass is 79.9. The fourth-order valence-corrected chi connectivity index (χ4v) is 0.602. The van der Waals surface area contributed by atoms with Crippen LogP contribution in [0.25, 0.3) is 0 Å². The van der Waals surface area contributed by atoms with Crippen molar-refractivity contribution in [3.63, 3.8) is 0 Å². The molecule has 1 heterocycles. The number of aromatic nitrogens is 2. The van der Waals surface area contributed by atoms with Gasteiger partial charge < -0.3 is 0 Å². The molecule has 0 bridgehead atoms. The van der Waals surface area contributed by atoms with Crippen LogP contribution in [0.2, 0.25) is 0 Å². The van der Waals surface area contributed by atoms with E-state index in [1.54, 1.807) is 0 Å². The molecule has 0 aliphatic heterocycles. The summed E-state index contributed by atoms with van der Waals surface area (Å²) in [5, 5.41) is 0. The largest absolute Gasteiger partial charge is 0.231 e. The first-order valence-corrected chi connectivity index (χ1v) is 2.72. The van der Waals surface area contributed by atoms with Gasteiger partial charge in [0.1, 0.15) is 0 Å². The van der Waals surface area contributed by atoms with E-state index in [2.05, 4.69) is 25.9 Å². The summed E-state index contributed by atoms with van der Waals surface area (Å²) >= 11 is 2.90. The second-order valence-electron chi connectivity index (χ2n) is 1.15. The topological polar surface area (TPSA) is 25.8 Å². The molecule has 0 unspecified atom stereocenters. The summed E-state index contributed by atoms with van der Waals surface area (Å²) in [6.45, 7) is 0. The van der Waals surface area contributed by atoms with E-state index < -0.39 is 5.95 Å². The molecular weight excluding hydrogens is 175 g/mol. The molecule has 4 heteroatoms. The molecule has 0 spiro atoms. The molecule has 1 rings (SSSR count). The van der Waals surface area contributed by atoms with E-state index in [4.69, 9.17) is 0 Å². The van der Waals surface area contributed by atoms with E-state index in [1.807, 2.05) is 0 Å². The summed E-state index contributed by atoms with van der Waals surface area (Å²) in [5.74, 6) is -0.521. The molecule has 0 aliphatic rings. The summed E-state index contributed by atoms with van der Waals surface area (Å²) in [4.78, 5) is 6.92. The lowest BCUT2D eigenvalue weighted by atomic mass is 10.7. The Bertz CT molecular complexity index is 174. The van der Waals surface area contributed by atoms with Crippen LogP contribution < -0.4 is 0 Å². The van der Waals surface area contributed by atoms with E-state index in [-0.39, 0.29) is 4.73 Å². The van der Waals surface area contributed by atoms with Crippen LogP contribution in [0.5, 0.6) is 0 Å². The van der Waals surface area contributed by atoms with Gasteiger partial charge >= 0.3 is 0 Å². The molecule has 8 heavy (non-hydrogen) atoms. The van der Waals surface area contributed by atoms with Crippen molar-refractivity contribution in [1.82, 2.24) is 9.97 Å². The first-order chi connectivity index (χ1) is 3.79. The average Bonchev–Trinajstić information content (AvgIpc) is 1.64. The first kappa shape index (κ1) is 5.62. The minimum absolute atomic E-state index is 0.275. The molecule has 0 saturated carbocycles. The molecule has 0 amide bonds. The highest BCUT2D eigenvalue weighted by Crippen LogP contribution is 1.99. The number of hydrogen-bond acceptors (Lipinski definition) is 2. The van der Waals surface area contributed by atoms with Crippen LogP contribution in [0.15, 0.2) is 17.0 Å². The molecule has 0 N–H and O–H groups in total. The molecule has 0 radical (unpaired) electrons. The maximum absolute atomic E-state index is 12.0. The van der Waals surface area contributed by atoms with Gasteiger partial charge in [-0.15, -0.1) is 0 Å². The average molecular weight is 177 g/mol. The maximum atomic E-state index is 12.0. The molecule has 1 aromatic rings. The number of halogens is 2. The smallest absolute Gasteiger partial charge is 0.216 e. The lowest BCUT2D eigenvalue weighted by molar-refractivity contribution is 0.575. The summed E-state index contributed by atoms with van der Waals surface area (Å²) in [7, 11) is 0. The molecule has 0 saturated heterocycles. The predicted octanol–water partition coefficient (Wildman–Crippen LogP) is 1.38. The Labute approximate surface area is 53.9 Å². The predicted molar refractivity (Wildman–Crippen MR) is 29.7 cm³/mol. The van der Waals surface area contributed by atoms with Gasteiger partial charge in [-0.3, -0.25) is 0 Å². The van der Waals surface area contributed by atoms with Crippen LogP contribution in [0.1, 0.15) is 0 Å². The van der Waals surface area contributed by atoms with Crippen LogP contribution in [0.4, 0.5) is 4.39 Å². The fourth-order valence-electron chi connectivity index (χ4n) is 0.315.